The van der Waals surface area contributed by atoms with Gasteiger partial charge in [-0.2, -0.15) is 13.1 Å². The van der Waals surface area contributed by atoms with Crippen molar-refractivity contribution in [1.29, 1.82) is 0 Å². The molecule has 0 saturated carbocycles. The monoisotopic (exact) mass is 241 g/mol. The van der Waals surface area contributed by atoms with Crippen molar-refractivity contribution in [2.24, 2.45) is 10.1 Å². The molecular weight excluding hydrogens is 230 g/mol. The standard InChI is InChI=1S/C9H11N3O3S/c1-15-7-4-2-3-6(5-7)8-9(10)12-16(13,14)11-8/h2-5,8,11H,1H3,(H2,10,12)/t8-/m0/s1. The van der Waals surface area contributed by atoms with Crippen LogP contribution in [0, 0.1) is 0 Å². The number of rotatable bonds is 2. The average Bonchev–Trinajstić information content (AvgIpc) is 2.52. The second-order valence-electron chi connectivity index (χ2n) is 3.32. The molecule has 1 aromatic rings. The molecule has 1 aliphatic rings. The number of hydrogen-bond donors (Lipinski definition) is 2. The molecule has 1 aliphatic heterocycles. The Balaban J connectivity index is 2.36. The fourth-order valence-electron chi connectivity index (χ4n) is 1.49. The Bertz CT molecular complexity index is 539. The Kier molecular flexibility index (Phi) is 2.56. The molecule has 3 N–H and O–H groups in total. The molecule has 2 rings (SSSR count). The third-order valence-corrected chi connectivity index (χ3v) is 3.20. The maximum Gasteiger partial charge on any atom is 0.322 e. The van der Waals surface area contributed by atoms with E-state index in [-0.39, 0.29) is 5.84 Å². The van der Waals surface area contributed by atoms with E-state index >= 15 is 0 Å². The summed E-state index contributed by atoms with van der Waals surface area (Å²) in [6, 6.07) is 6.37. The second kappa shape index (κ2) is 3.76. The van der Waals surface area contributed by atoms with Gasteiger partial charge in [-0.15, -0.1) is 4.40 Å². The van der Waals surface area contributed by atoms with Gasteiger partial charge in [-0.1, -0.05) is 12.1 Å². The number of nitrogens with two attached hydrogens (primary N) is 1. The molecule has 1 atom stereocenters. The van der Waals surface area contributed by atoms with Gasteiger partial charge >= 0.3 is 10.2 Å². The van der Waals surface area contributed by atoms with Crippen LogP contribution in [0.3, 0.4) is 0 Å². The van der Waals surface area contributed by atoms with Gasteiger partial charge in [0.15, 0.2) is 0 Å². The second-order valence-corrected chi connectivity index (χ2v) is 4.69. The van der Waals surface area contributed by atoms with Gasteiger partial charge in [-0.3, -0.25) is 0 Å². The summed E-state index contributed by atoms with van der Waals surface area (Å²) in [5.74, 6) is 0.671. The lowest BCUT2D eigenvalue weighted by Crippen LogP contribution is -2.28. The van der Waals surface area contributed by atoms with E-state index in [1.54, 1.807) is 24.3 Å². The first-order chi connectivity index (χ1) is 7.52. The topological polar surface area (TPSA) is 93.8 Å². The highest BCUT2D eigenvalue weighted by molar-refractivity contribution is 7.88. The van der Waals surface area contributed by atoms with Gasteiger partial charge < -0.3 is 10.5 Å². The molecule has 0 radical (unpaired) electrons. The van der Waals surface area contributed by atoms with E-state index in [0.717, 1.165) is 0 Å². The summed E-state index contributed by atoms with van der Waals surface area (Å²) >= 11 is 0. The highest BCUT2D eigenvalue weighted by Gasteiger charge is 2.29. The van der Waals surface area contributed by atoms with Crippen molar-refractivity contribution in [3.05, 3.63) is 29.8 Å². The molecule has 0 aromatic heterocycles. The number of ether oxygens (including phenoxy) is 1. The third kappa shape index (κ3) is 2.00. The molecule has 0 aliphatic carbocycles. The van der Waals surface area contributed by atoms with Gasteiger partial charge in [-0.25, -0.2) is 0 Å². The van der Waals surface area contributed by atoms with E-state index in [9.17, 15) is 8.42 Å². The molecule has 0 spiro atoms. The molecule has 0 fully saturated rings. The molecule has 0 bridgehead atoms. The highest BCUT2D eigenvalue weighted by atomic mass is 32.2. The molecular formula is C9H11N3O3S. The van der Waals surface area contributed by atoms with Crippen LogP contribution >= 0.6 is 0 Å². The molecule has 6 nitrogen and oxygen atoms in total. The largest absolute Gasteiger partial charge is 0.497 e. The van der Waals surface area contributed by atoms with E-state index in [2.05, 4.69) is 9.12 Å². The summed E-state index contributed by atoms with van der Waals surface area (Å²) in [5, 5.41) is 0. The average molecular weight is 241 g/mol. The zero-order valence-electron chi connectivity index (χ0n) is 8.54. The lowest BCUT2D eigenvalue weighted by Gasteiger charge is -2.10. The maximum atomic E-state index is 11.2. The van der Waals surface area contributed by atoms with Crippen molar-refractivity contribution in [2.45, 2.75) is 6.04 Å². The predicted molar refractivity (Wildman–Crippen MR) is 59.4 cm³/mol. The first-order valence-corrected chi connectivity index (χ1v) is 5.97. The quantitative estimate of drug-likeness (QED) is 0.758. The zero-order valence-corrected chi connectivity index (χ0v) is 9.36. The van der Waals surface area contributed by atoms with Crippen LogP contribution in [-0.4, -0.2) is 21.4 Å². The minimum Gasteiger partial charge on any atom is -0.497 e. The Morgan fingerprint density at radius 2 is 2.25 bits per heavy atom. The van der Waals surface area contributed by atoms with Crippen LogP contribution in [0.15, 0.2) is 28.7 Å². The molecule has 0 amide bonds. The molecule has 0 saturated heterocycles. The summed E-state index contributed by atoms with van der Waals surface area (Å²) in [4.78, 5) is 0. The van der Waals surface area contributed by atoms with Crippen LogP contribution in [-0.2, 0) is 10.2 Å². The number of benzene rings is 1. The number of nitrogens with zero attached hydrogens (tertiary/aromatic N) is 1. The van der Waals surface area contributed by atoms with E-state index in [4.69, 9.17) is 10.5 Å². The van der Waals surface area contributed by atoms with Crippen LogP contribution in [0.25, 0.3) is 0 Å². The fraction of sp³-hybridized carbons (Fsp3) is 0.222. The van der Waals surface area contributed by atoms with Crippen molar-refractivity contribution in [3.63, 3.8) is 0 Å². The van der Waals surface area contributed by atoms with Crippen LogP contribution in [0.5, 0.6) is 5.75 Å². The van der Waals surface area contributed by atoms with Crippen molar-refractivity contribution in [2.75, 3.05) is 7.11 Å². The fourth-order valence-corrected chi connectivity index (χ4v) is 2.48. The minimum atomic E-state index is -3.64. The lowest BCUT2D eigenvalue weighted by atomic mass is 10.1. The molecule has 0 unspecified atom stereocenters. The minimum absolute atomic E-state index is 0.0354. The van der Waals surface area contributed by atoms with Gasteiger partial charge in [-0.05, 0) is 17.7 Å². The maximum absolute atomic E-state index is 11.2. The summed E-state index contributed by atoms with van der Waals surface area (Å²) in [5.41, 5.74) is 6.24. The van der Waals surface area contributed by atoms with Crippen molar-refractivity contribution in [1.82, 2.24) is 4.72 Å². The SMILES string of the molecule is COc1cccc([C@@H]2NS(=O)(=O)N=C2N)c1. The summed E-state index contributed by atoms with van der Waals surface area (Å²) in [6.07, 6.45) is 0. The Morgan fingerprint density at radius 1 is 1.50 bits per heavy atom. The van der Waals surface area contributed by atoms with Gasteiger partial charge in [0, 0.05) is 0 Å². The van der Waals surface area contributed by atoms with E-state index in [0.29, 0.717) is 11.3 Å². The van der Waals surface area contributed by atoms with Crippen LogP contribution in [0.4, 0.5) is 0 Å². The van der Waals surface area contributed by atoms with E-state index in [1.165, 1.54) is 7.11 Å². The lowest BCUT2D eigenvalue weighted by molar-refractivity contribution is 0.414. The number of amidine groups is 1. The Hall–Kier alpha value is -1.60. The van der Waals surface area contributed by atoms with Crippen LogP contribution < -0.4 is 15.2 Å². The third-order valence-electron chi connectivity index (χ3n) is 2.22. The van der Waals surface area contributed by atoms with Crippen molar-refractivity contribution < 1.29 is 13.2 Å². The molecule has 1 aromatic carbocycles. The van der Waals surface area contributed by atoms with E-state index < -0.39 is 16.3 Å². The van der Waals surface area contributed by atoms with Crippen LogP contribution in [0.2, 0.25) is 0 Å². The van der Waals surface area contributed by atoms with Crippen molar-refractivity contribution in [3.8, 4) is 5.75 Å². The number of methoxy groups -OCH3 is 1. The number of hydrogen-bond acceptors (Lipinski definition) is 4. The van der Waals surface area contributed by atoms with Gasteiger partial charge in [0.25, 0.3) is 0 Å². The Labute approximate surface area is 93.3 Å². The van der Waals surface area contributed by atoms with Crippen LogP contribution in [0.1, 0.15) is 11.6 Å². The Morgan fingerprint density at radius 3 is 2.81 bits per heavy atom. The molecule has 7 heteroatoms. The summed E-state index contributed by atoms with van der Waals surface area (Å²) in [6.45, 7) is 0. The first-order valence-electron chi connectivity index (χ1n) is 4.53. The summed E-state index contributed by atoms with van der Waals surface area (Å²) < 4.78 is 33.1. The van der Waals surface area contributed by atoms with Crippen molar-refractivity contribution >= 4 is 16.0 Å². The van der Waals surface area contributed by atoms with Gasteiger partial charge in [0.05, 0.1) is 7.11 Å². The molecule has 86 valence electrons. The normalized spacial score (nSPS) is 22.8. The first kappa shape index (κ1) is 10.9. The van der Waals surface area contributed by atoms with Gasteiger partial charge in [0.2, 0.25) is 0 Å². The van der Waals surface area contributed by atoms with E-state index in [1.807, 2.05) is 0 Å². The summed E-state index contributed by atoms with van der Waals surface area (Å²) in [7, 11) is -2.10. The van der Waals surface area contributed by atoms with Gasteiger partial charge in [0.1, 0.15) is 17.6 Å². The number of nitrogens with one attached hydrogen (secondary N) is 1. The predicted octanol–water partition coefficient (Wildman–Crippen LogP) is -0.0585. The zero-order chi connectivity index (χ0) is 11.8. The molecule has 1 heterocycles. The smallest absolute Gasteiger partial charge is 0.322 e. The highest BCUT2D eigenvalue weighted by Crippen LogP contribution is 2.23. The molecule has 16 heavy (non-hydrogen) atoms.